The first-order valence-corrected chi connectivity index (χ1v) is 12.0. The Morgan fingerprint density at radius 2 is 1.32 bits per heavy atom. The molecule has 0 aliphatic rings. The van der Waals surface area contributed by atoms with Gasteiger partial charge in [0.1, 0.15) is 0 Å². The number of hydrogen-bond acceptors (Lipinski definition) is 4. The third-order valence-corrected chi connectivity index (χ3v) is 5.12. The zero-order chi connectivity index (χ0) is 20.9. The molecular weight excluding hydrogens is 376 g/mol. The first kappa shape index (κ1) is 27.2. The molecule has 0 amide bonds. The van der Waals surface area contributed by atoms with Crippen LogP contribution >= 0.6 is 11.6 Å². The summed E-state index contributed by atoms with van der Waals surface area (Å²) in [4.78, 5) is 23.5. The van der Waals surface area contributed by atoms with Crippen molar-refractivity contribution in [1.29, 1.82) is 0 Å². The third kappa shape index (κ3) is 20.0. The Labute approximate surface area is 178 Å². The summed E-state index contributed by atoms with van der Waals surface area (Å²) in [5.41, 5.74) is 0. The maximum atomic E-state index is 11.8. The monoisotopic (exact) mass is 418 g/mol. The largest absolute Gasteiger partial charge is 0.466 e. The van der Waals surface area contributed by atoms with Crippen molar-refractivity contribution in [3.8, 4) is 0 Å². The number of hydrogen-bond donors (Lipinski definition) is 0. The highest BCUT2D eigenvalue weighted by Crippen LogP contribution is 2.11. The summed E-state index contributed by atoms with van der Waals surface area (Å²) in [6.45, 7) is 4.65. The Morgan fingerprint density at radius 1 is 0.750 bits per heavy atom. The summed E-state index contributed by atoms with van der Waals surface area (Å²) in [6, 6.07) is 0. The lowest BCUT2D eigenvalue weighted by Gasteiger charge is -2.13. The van der Waals surface area contributed by atoms with Gasteiger partial charge < -0.3 is 9.47 Å². The lowest BCUT2D eigenvalue weighted by atomic mass is 10.1. The standard InChI is InChI=1S/C23H43ClO4/c1-3-4-5-6-9-12-16-21(2)28-23(26)18-15-17-22(25)27-20-14-11-8-7-10-13-19-24/h21H,3-20H2,1-2H3. The predicted octanol–water partition coefficient (Wildman–Crippen LogP) is 6.96. The number of ether oxygens (including phenoxy) is 2. The van der Waals surface area contributed by atoms with Crippen LogP contribution in [0, 0.1) is 0 Å². The van der Waals surface area contributed by atoms with Crippen LogP contribution in [0.1, 0.15) is 117 Å². The fourth-order valence-electron chi connectivity index (χ4n) is 3.09. The van der Waals surface area contributed by atoms with Gasteiger partial charge in [0, 0.05) is 18.7 Å². The Balaban J connectivity index is 3.47. The lowest BCUT2D eigenvalue weighted by Crippen LogP contribution is -2.15. The molecule has 28 heavy (non-hydrogen) atoms. The topological polar surface area (TPSA) is 52.6 Å². The second kappa shape index (κ2) is 21.0. The molecule has 0 N–H and O–H groups in total. The first-order chi connectivity index (χ1) is 13.6. The highest BCUT2D eigenvalue weighted by atomic mass is 35.5. The number of carbonyl (C=O) groups is 2. The minimum atomic E-state index is -0.213. The molecule has 0 bridgehead atoms. The van der Waals surface area contributed by atoms with Crippen LogP contribution in [0.15, 0.2) is 0 Å². The van der Waals surface area contributed by atoms with E-state index in [2.05, 4.69) is 6.92 Å². The normalized spacial score (nSPS) is 12.0. The molecular formula is C23H43ClO4. The zero-order valence-electron chi connectivity index (χ0n) is 18.3. The quantitative estimate of drug-likeness (QED) is 0.122. The van der Waals surface area contributed by atoms with E-state index in [1.165, 1.54) is 44.9 Å². The van der Waals surface area contributed by atoms with Gasteiger partial charge in [-0.25, -0.2) is 0 Å². The Hall–Kier alpha value is -0.770. The molecule has 1 atom stereocenters. The van der Waals surface area contributed by atoms with Crippen molar-refractivity contribution in [1.82, 2.24) is 0 Å². The third-order valence-electron chi connectivity index (χ3n) is 4.85. The Bertz CT molecular complexity index is 374. The minimum Gasteiger partial charge on any atom is -0.466 e. The van der Waals surface area contributed by atoms with Gasteiger partial charge in [0.25, 0.3) is 0 Å². The molecule has 0 aromatic rings. The van der Waals surface area contributed by atoms with Crippen molar-refractivity contribution >= 4 is 23.5 Å². The van der Waals surface area contributed by atoms with Gasteiger partial charge in [0.05, 0.1) is 12.7 Å². The molecule has 0 spiro atoms. The summed E-state index contributed by atoms with van der Waals surface area (Å²) in [5, 5.41) is 0. The van der Waals surface area contributed by atoms with E-state index in [4.69, 9.17) is 21.1 Å². The van der Waals surface area contributed by atoms with Crippen LogP contribution in [0.2, 0.25) is 0 Å². The average molecular weight is 419 g/mol. The van der Waals surface area contributed by atoms with Crippen molar-refractivity contribution in [2.24, 2.45) is 0 Å². The van der Waals surface area contributed by atoms with Crippen LogP contribution in [-0.2, 0) is 19.1 Å². The predicted molar refractivity (Wildman–Crippen MR) is 117 cm³/mol. The Morgan fingerprint density at radius 3 is 2.00 bits per heavy atom. The minimum absolute atomic E-state index is 0.0323. The van der Waals surface area contributed by atoms with Crippen LogP contribution in [0.5, 0.6) is 0 Å². The highest BCUT2D eigenvalue weighted by Gasteiger charge is 2.11. The number of halogens is 1. The van der Waals surface area contributed by atoms with E-state index in [0.717, 1.165) is 44.4 Å². The van der Waals surface area contributed by atoms with E-state index in [1.54, 1.807) is 0 Å². The highest BCUT2D eigenvalue weighted by molar-refractivity contribution is 6.17. The van der Waals surface area contributed by atoms with Crippen molar-refractivity contribution in [3.05, 3.63) is 0 Å². The van der Waals surface area contributed by atoms with Gasteiger partial charge in [-0.3, -0.25) is 9.59 Å². The van der Waals surface area contributed by atoms with Gasteiger partial charge in [-0.15, -0.1) is 11.6 Å². The maximum absolute atomic E-state index is 11.8. The number of rotatable bonds is 20. The summed E-state index contributed by atoms with van der Waals surface area (Å²) >= 11 is 5.64. The van der Waals surface area contributed by atoms with E-state index < -0.39 is 0 Å². The van der Waals surface area contributed by atoms with Crippen molar-refractivity contribution in [3.63, 3.8) is 0 Å². The van der Waals surface area contributed by atoms with E-state index in [1.807, 2.05) is 6.92 Å². The molecule has 0 rings (SSSR count). The molecule has 1 unspecified atom stereocenters. The molecule has 166 valence electrons. The number of esters is 2. The van der Waals surface area contributed by atoms with Gasteiger partial charge in [-0.1, -0.05) is 64.7 Å². The van der Waals surface area contributed by atoms with E-state index in [-0.39, 0.29) is 30.9 Å². The molecule has 0 heterocycles. The smallest absolute Gasteiger partial charge is 0.306 e. The van der Waals surface area contributed by atoms with Crippen molar-refractivity contribution < 1.29 is 19.1 Å². The molecule has 4 nitrogen and oxygen atoms in total. The molecule has 0 aromatic carbocycles. The summed E-state index contributed by atoms with van der Waals surface area (Å²) in [5.74, 6) is 0.321. The first-order valence-electron chi connectivity index (χ1n) is 11.5. The molecule has 5 heteroatoms. The van der Waals surface area contributed by atoms with Crippen LogP contribution in [0.3, 0.4) is 0 Å². The van der Waals surface area contributed by atoms with E-state index >= 15 is 0 Å². The Kier molecular flexibility index (Phi) is 20.4. The van der Waals surface area contributed by atoms with E-state index in [9.17, 15) is 9.59 Å². The molecule has 0 radical (unpaired) electrons. The fourth-order valence-corrected chi connectivity index (χ4v) is 3.28. The molecule has 0 aromatic heterocycles. The zero-order valence-corrected chi connectivity index (χ0v) is 19.1. The number of alkyl halides is 1. The van der Waals surface area contributed by atoms with Gasteiger partial charge in [-0.05, 0) is 39.0 Å². The molecule has 0 saturated heterocycles. The second-order valence-corrected chi connectivity index (χ2v) is 8.12. The fraction of sp³-hybridized carbons (Fsp3) is 0.913. The summed E-state index contributed by atoms with van der Waals surface area (Å²) < 4.78 is 10.6. The van der Waals surface area contributed by atoms with Gasteiger partial charge >= 0.3 is 11.9 Å². The number of unbranched alkanes of at least 4 members (excludes halogenated alkanes) is 10. The average Bonchev–Trinajstić information content (AvgIpc) is 2.66. The van der Waals surface area contributed by atoms with Crippen LogP contribution in [0.4, 0.5) is 0 Å². The van der Waals surface area contributed by atoms with Crippen molar-refractivity contribution in [2.45, 2.75) is 123 Å². The van der Waals surface area contributed by atoms with Gasteiger partial charge in [-0.2, -0.15) is 0 Å². The van der Waals surface area contributed by atoms with Gasteiger partial charge in [0.2, 0.25) is 0 Å². The van der Waals surface area contributed by atoms with Gasteiger partial charge in [0.15, 0.2) is 0 Å². The van der Waals surface area contributed by atoms with Crippen LogP contribution in [-0.4, -0.2) is 30.5 Å². The summed E-state index contributed by atoms with van der Waals surface area (Å²) in [6.07, 6.45) is 16.0. The molecule has 0 aliphatic carbocycles. The maximum Gasteiger partial charge on any atom is 0.306 e. The molecule has 0 aliphatic heterocycles. The van der Waals surface area contributed by atoms with Crippen molar-refractivity contribution in [2.75, 3.05) is 12.5 Å². The summed E-state index contributed by atoms with van der Waals surface area (Å²) in [7, 11) is 0. The van der Waals surface area contributed by atoms with Crippen LogP contribution in [0.25, 0.3) is 0 Å². The van der Waals surface area contributed by atoms with E-state index in [0.29, 0.717) is 13.0 Å². The number of carbonyl (C=O) groups excluding carboxylic acids is 2. The second-order valence-electron chi connectivity index (χ2n) is 7.74. The molecule has 0 fully saturated rings. The lowest BCUT2D eigenvalue weighted by molar-refractivity contribution is -0.149. The van der Waals surface area contributed by atoms with Crippen LogP contribution < -0.4 is 0 Å². The molecule has 0 saturated carbocycles. The SMILES string of the molecule is CCCCCCCCC(C)OC(=O)CCCC(=O)OCCCCCCCCCl.